The van der Waals surface area contributed by atoms with Gasteiger partial charge in [-0.15, -0.1) is 0 Å². The smallest absolute Gasteiger partial charge is 0.426 e. The van der Waals surface area contributed by atoms with Gasteiger partial charge in [-0.25, -0.2) is 10.2 Å². The van der Waals surface area contributed by atoms with Crippen LogP contribution in [0.3, 0.4) is 0 Å². The average Bonchev–Trinajstić information content (AvgIpc) is 3.09. The summed E-state index contributed by atoms with van der Waals surface area (Å²) >= 11 is 0. The van der Waals surface area contributed by atoms with E-state index in [2.05, 4.69) is 16.2 Å². The van der Waals surface area contributed by atoms with Crippen molar-refractivity contribution in [3.05, 3.63) is 35.9 Å². The lowest BCUT2D eigenvalue weighted by Gasteiger charge is -2.34. The number of carbonyl (C=O) groups excluding carboxylic acids is 6. The van der Waals surface area contributed by atoms with Gasteiger partial charge in [-0.2, -0.15) is 0 Å². The van der Waals surface area contributed by atoms with Crippen molar-refractivity contribution in [1.82, 2.24) is 16.2 Å². The van der Waals surface area contributed by atoms with Gasteiger partial charge in [0.15, 0.2) is 0 Å². The number of esters is 1. The largest absolute Gasteiger partial charge is 0.461 e. The number of hydrogen-bond acceptors (Lipinski definition) is 11. The zero-order valence-electron chi connectivity index (χ0n) is 31.7. The molecule has 0 fully saturated rings. The summed E-state index contributed by atoms with van der Waals surface area (Å²) in [4.78, 5) is 71.6. The van der Waals surface area contributed by atoms with Gasteiger partial charge in [-0.3, -0.25) is 29.4 Å². The van der Waals surface area contributed by atoms with Crippen LogP contribution in [0.25, 0.3) is 0 Å². The van der Waals surface area contributed by atoms with Gasteiger partial charge in [0.05, 0.1) is 46.1 Å². The van der Waals surface area contributed by atoms with E-state index in [1.54, 1.807) is 20.8 Å². The minimum Gasteiger partial charge on any atom is -0.461 e. The van der Waals surface area contributed by atoms with Crippen molar-refractivity contribution in [2.75, 3.05) is 39.6 Å². The summed E-state index contributed by atoms with van der Waals surface area (Å²) in [6, 6.07) is 9.58. The van der Waals surface area contributed by atoms with E-state index in [4.69, 9.17) is 35.2 Å². The highest BCUT2D eigenvalue weighted by molar-refractivity contribution is 5.79. The number of nitrogens with two attached hydrogens (primary N) is 2. The van der Waals surface area contributed by atoms with E-state index in [0.717, 1.165) is 50.5 Å². The zero-order valence-corrected chi connectivity index (χ0v) is 31.7. The fourth-order valence-corrected chi connectivity index (χ4v) is 4.82. The van der Waals surface area contributed by atoms with Gasteiger partial charge in [0.25, 0.3) is 0 Å². The SMILES string of the molecule is CC(C)(C)OC(=O)NNC(=O)CCOCC(COCCC(N)=O)(COCCC(N)=O)NC(=O)CCCCCCCCCCC(=O)OCc1ccccc1. The monoisotopic (exact) mass is 751 g/mol. The standard InChI is InChI=1S/C37H61N5O11/c1-36(2,3)53-35(48)42-41-33(46)21-24-51-28-37(26-49-22-19-30(38)43,27-50-23-20-31(39)44)40-32(45)17-13-8-6-4-5-7-9-14-18-34(47)52-25-29-15-11-10-12-16-29/h10-12,15-16H,4-9,13-14,17-28H2,1-3H3,(H2,38,43)(H2,39,44)(H,40,45)(H,41,46)(H,42,48). The molecule has 1 aromatic rings. The Bertz CT molecular complexity index is 1220. The second kappa shape index (κ2) is 27.3. The lowest BCUT2D eigenvalue weighted by molar-refractivity contribution is -0.145. The minimum absolute atomic E-state index is 0.00861. The van der Waals surface area contributed by atoms with E-state index in [9.17, 15) is 28.8 Å². The Balaban J connectivity index is 2.53. The maximum absolute atomic E-state index is 13.1. The van der Waals surface area contributed by atoms with Gasteiger partial charge in [0, 0.05) is 25.7 Å². The molecule has 0 aromatic heterocycles. The van der Waals surface area contributed by atoms with E-state index in [1.165, 1.54) is 0 Å². The van der Waals surface area contributed by atoms with E-state index >= 15 is 0 Å². The average molecular weight is 752 g/mol. The quantitative estimate of drug-likeness (QED) is 0.0453. The Hall–Kier alpha value is -4.28. The van der Waals surface area contributed by atoms with E-state index in [-0.39, 0.29) is 77.2 Å². The first-order valence-corrected chi connectivity index (χ1v) is 18.3. The Morgan fingerprint density at radius 3 is 1.60 bits per heavy atom. The highest BCUT2D eigenvalue weighted by atomic mass is 16.6. The fraction of sp³-hybridized carbons (Fsp3) is 0.676. The van der Waals surface area contributed by atoms with Crippen LogP contribution in [0.5, 0.6) is 0 Å². The van der Waals surface area contributed by atoms with Crippen molar-refractivity contribution < 1.29 is 52.5 Å². The van der Waals surface area contributed by atoms with Crippen LogP contribution in [0.15, 0.2) is 30.3 Å². The van der Waals surface area contributed by atoms with Crippen molar-refractivity contribution in [3.8, 4) is 0 Å². The van der Waals surface area contributed by atoms with Gasteiger partial charge < -0.3 is 40.5 Å². The van der Waals surface area contributed by atoms with Gasteiger partial charge in [-0.05, 0) is 39.2 Å². The van der Waals surface area contributed by atoms with E-state index in [0.29, 0.717) is 19.4 Å². The van der Waals surface area contributed by atoms with Crippen molar-refractivity contribution in [2.24, 2.45) is 11.5 Å². The predicted octanol–water partition coefficient (Wildman–Crippen LogP) is 3.23. The molecule has 0 bridgehead atoms. The highest BCUT2D eigenvalue weighted by Gasteiger charge is 2.34. The lowest BCUT2D eigenvalue weighted by Crippen LogP contribution is -2.58. The van der Waals surface area contributed by atoms with Crippen molar-refractivity contribution >= 4 is 35.7 Å². The molecule has 0 heterocycles. The topological polar surface area (TPSA) is 237 Å². The van der Waals surface area contributed by atoms with Gasteiger partial charge in [0.1, 0.15) is 17.7 Å². The fourth-order valence-electron chi connectivity index (χ4n) is 4.82. The summed E-state index contributed by atoms with van der Waals surface area (Å²) < 4.78 is 27.5. The molecule has 0 aliphatic rings. The number of rotatable bonds is 29. The number of amides is 5. The zero-order chi connectivity index (χ0) is 39.4. The first-order chi connectivity index (χ1) is 25.2. The van der Waals surface area contributed by atoms with Crippen molar-refractivity contribution in [3.63, 3.8) is 0 Å². The number of primary amides is 2. The Kier molecular flexibility index (Phi) is 24.1. The maximum Gasteiger partial charge on any atom is 0.426 e. The van der Waals surface area contributed by atoms with E-state index < -0.39 is 35.0 Å². The lowest BCUT2D eigenvalue weighted by atomic mass is 10.0. The summed E-state index contributed by atoms with van der Waals surface area (Å²) in [5.74, 6) is -2.11. The molecule has 0 radical (unpaired) electrons. The van der Waals surface area contributed by atoms with Crippen LogP contribution < -0.4 is 27.6 Å². The molecule has 53 heavy (non-hydrogen) atoms. The van der Waals surface area contributed by atoms with Crippen LogP contribution in [0.2, 0.25) is 0 Å². The molecule has 7 N–H and O–H groups in total. The molecule has 5 amide bonds. The third-order valence-corrected chi connectivity index (χ3v) is 7.48. The van der Waals surface area contributed by atoms with Crippen LogP contribution in [0.1, 0.15) is 110 Å². The summed E-state index contributed by atoms with van der Waals surface area (Å²) in [6.07, 6.45) is 6.85. The molecule has 1 rings (SSSR count). The molecular formula is C37H61N5O11. The molecule has 0 atom stereocenters. The Morgan fingerprint density at radius 2 is 1.09 bits per heavy atom. The van der Waals surface area contributed by atoms with Gasteiger partial charge >= 0.3 is 12.1 Å². The molecule has 0 saturated carbocycles. The number of nitrogens with one attached hydrogen (secondary N) is 3. The first kappa shape index (κ1) is 46.7. The predicted molar refractivity (Wildman–Crippen MR) is 195 cm³/mol. The minimum atomic E-state index is -1.23. The summed E-state index contributed by atoms with van der Waals surface area (Å²) in [7, 11) is 0. The van der Waals surface area contributed by atoms with Gasteiger partial charge in [-0.1, -0.05) is 68.9 Å². The van der Waals surface area contributed by atoms with Crippen LogP contribution in [-0.4, -0.2) is 86.5 Å². The molecule has 0 unspecified atom stereocenters. The van der Waals surface area contributed by atoms with Gasteiger partial charge in [0.2, 0.25) is 23.6 Å². The molecular weight excluding hydrogens is 690 g/mol. The molecule has 16 nitrogen and oxygen atoms in total. The molecule has 0 spiro atoms. The number of hydrogen-bond donors (Lipinski definition) is 5. The number of benzene rings is 1. The molecule has 0 saturated heterocycles. The molecule has 0 aliphatic heterocycles. The number of carbonyl (C=O) groups is 6. The summed E-state index contributed by atoms with van der Waals surface area (Å²) in [5, 5.41) is 2.95. The van der Waals surface area contributed by atoms with Crippen LogP contribution in [-0.2, 0) is 54.3 Å². The number of unbranched alkanes of at least 4 members (excludes halogenated alkanes) is 7. The van der Waals surface area contributed by atoms with E-state index in [1.807, 2.05) is 30.3 Å². The first-order valence-electron chi connectivity index (χ1n) is 18.3. The summed E-state index contributed by atoms with van der Waals surface area (Å²) in [6.45, 7) is 4.89. The second-order valence-electron chi connectivity index (χ2n) is 13.8. The normalized spacial score (nSPS) is 11.4. The molecule has 1 aromatic carbocycles. The van der Waals surface area contributed by atoms with Crippen LogP contribution >= 0.6 is 0 Å². The second-order valence-corrected chi connectivity index (χ2v) is 13.8. The highest BCUT2D eigenvalue weighted by Crippen LogP contribution is 2.14. The summed E-state index contributed by atoms with van der Waals surface area (Å²) in [5.41, 5.74) is 13.9. The third kappa shape index (κ3) is 27.1. The van der Waals surface area contributed by atoms with Crippen molar-refractivity contribution in [2.45, 2.75) is 122 Å². The Morgan fingerprint density at radius 1 is 0.604 bits per heavy atom. The molecule has 16 heteroatoms. The maximum atomic E-state index is 13.1. The number of ether oxygens (including phenoxy) is 5. The Labute approximate surface area is 313 Å². The third-order valence-electron chi connectivity index (χ3n) is 7.48. The molecule has 300 valence electrons. The molecule has 0 aliphatic carbocycles. The van der Waals surface area contributed by atoms with Crippen LogP contribution in [0.4, 0.5) is 4.79 Å². The van der Waals surface area contributed by atoms with Crippen molar-refractivity contribution in [1.29, 1.82) is 0 Å². The van der Waals surface area contributed by atoms with Crippen LogP contribution in [0, 0.1) is 0 Å². The number of hydrazine groups is 1.